The Bertz CT molecular complexity index is 423. The molecule has 2 N–H and O–H groups in total. The number of nitrogens with one attached hydrogen (secondary N) is 2. The molecule has 0 aromatic heterocycles. The van der Waals surface area contributed by atoms with Gasteiger partial charge in [0, 0.05) is 24.8 Å². The number of rotatable bonds is 3. The van der Waals surface area contributed by atoms with Gasteiger partial charge in [0.1, 0.15) is 0 Å². The number of amides is 1. The van der Waals surface area contributed by atoms with Crippen LogP contribution in [-0.2, 0) is 0 Å². The SMILES string of the molecule is C=NC(=NC)Nc1ccc(C(=O)NCC)cc1. The average Bonchev–Trinajstić information content (AvgIpc) is 2.37. The number of nitrogens with zero attached hydrogens (tertiary/aromatic N) is 2. The van der Waals surface area contributed by atoms with E-state index in [0.717, 1.165) is 5.69 Å². The van der Waals surface area contributed by atoms with E-state index in [2.05, 4.69) is 27.3 Å². The van der Waals surface area contributed by atoms with Gasteiger partial charge in [-0.15, -0.1) is 0 Å². The van der Waals surface area contributed by atoms with Crippen LogP contribution in [0.1, 0.15) is 17.3 Å². The molecule has 1 aromatic rings. The second-order valence-corrected chi connectivity index (χ2v) is 3.27. The van der Waals surface area contributed by atoms with E-state index in [1.54, 1.807) is 31.3 Å². The van der Waals surface area contributed by atoms with Gasteiger partial charge in [0.25, 0.3) is 5.91 Å². The molecule has 0 saturated carbocycles. The standard InChI is InChI=1S/C12H16N4O/c1-4-15-11(17)9-5-7-10(8-6-9)16-12(13-2)14-3/h5-8H,2,4H2,1,3H3,(H,14,16)(H,15,17). The number of anilines is 1. The highest BCUT2D eigenvalue weighted by Gasteiger charge is 2.03. The molecule has 17 heavy (non-hydrogen) atoms. The van der Waals surface area contributed by atoms with Crippen LogP contribution in [0.25, 0.3) is 0 Å². The number of carbonyl (C=O) groups excluding carboxylic acids is 1. The van der Waals surface area contributed by atoms with Crippen LogP contribution >= 0.6 is 0 Å². The average molecular weight is 232 g/mol. The lowest BCUT2D eigenvalue weighted by Crippen LogP contribution is -2.22. The summed E-state index contributed by atoms with van der Waals surface area (Å²) in [6.07, 6.45) is 0. The highest BCUT2D eigenvalue weighted by atomic mass is 16.1. The molecule has 0 bridgehead atoms. The van der Waals surface area contributed by atoms with E-state index < -0.39 is 0 Å². The summed E-state index contributed by atoms with van der Waals surface area (Å²) >= 11 is 0. The Morgan fingerprint density at radius 3 is 2.47 bits per heavy atom. The maximum atomic E-state index is 11.5. The fourth-order valence-electron chi connectivity index (χ4n) is 1.26. The van der Waals surface area contributed by atoms with Gasteiger partial charge in [-0.2, -0.15) is 0 Å². The summed E-state index contributed by atoms with van der Waals surface area (Å²) in [4.78, 5) is 19.1. The minimum absolute atomic E-state index is 0.0784. The molecular weight excluding hydrogens is 216 g/mol. The Kier molecular flexibility index (Phi) is 4.87. The first-order chi connectivity index (χ1) is 8.21. The molecule has 0 radical (unpaired) electrons. The number of hydrogen-bond donors (Lipinski definition) is 2. The maximum Gasteiger partial charge on any atom is 0.251 e. The summed E-state index contributed by atoms with van der Waals surface area (Å²) < 4.78 is 0. The number of benzene rings is 1. The predicted molar refractivity (Wildman–Crippen MR) is 71.0 cm³/mol. The molecule has 0 spiro atoms. The minimum atomic E-state index is -0.0784. The zero-order valence-corrected chi connectivity index (χ0v) is 10.0. The zero-order valence-electron chi connectivity index (χ0n) is 10.0. The molecule has 1 rings (SSSR count). The molecule has 1 aromatic carbocycles. The molecule has 0 aliphatic heterocycles. The predicted octanol–water partition coefficient (Wildman–Crippen LogP) is 1.53. The molecule has 5 heteroatoms. The van der Waals surface area contributed by atoms with Gasteiger partial charge in [-0.3, -0.25) is 9.79 Å². The third-order valence-electron chi connectivity index (χ3n) is 2.10. The monoisotopic (exact) mass is 232 g/mol. The van der Waals surface area contributed by atoms with Crippen LogP contribution in [0.3, 0.4) is 0 Å². The van der Waals surface area contributed by atoms with E-state index in [9.17, 15) is 4.79 Å². The fourth-order valence-corrected chi connectivity index (χ4v) is 1.26. The summed E-state index contributed by atoms with van der Waals surface area (Å²) in [5.41, 5.74) is 1.44. The molecule has 1 amide bonds. The van der Waals surface area contributed by atoms with E-state index in [1.807, 2.05) is 6.92 Å². The molecule has 0 aliphatic rings. The largest absolute Gasteiger partial charge is 0.352 e. The van der Waals surface area contributed by atoms with Crippen LogP contribution in [0, 0.1) is 0 Å². The number of hydrogen-bond acceptors (Lipinski definition) is 2. The molecule has 0 atom stereocenters. The first kappa shape index (κ1) is 12.9. The lowest BCUT2D eigenvalue weighted by Gasteiger charge is -2.06. The lowest BCUT2D eigenvalue weighted by molar-refractivity contribution is 0.0956. The van der Waals surface area contributed by atoms with Crippen molar-refractivity contribution in [1.29, 1.82) is 0 Å². The van der Waals surface area contributed by atoms with E-state index in [0.29, 0.717) is 18.1 Å². The smallest absolute Gasteiger partial charge is 0.251 e. The van der Waals surface area contributed by atoms with Crippen molar-refractivity contribution in [3.63, 3.8) is 0 Å². The summed E-state index contributed by atoms with van der Waals surface area (Å²) in [6.45, 7) is 5.89. The Hall–Kier alpha value is -2.17. The summed E-state index contributed by atoms with van der Waals surface area (Å²) in [5.74, 6) is 0.362. The lowest BCUT2D eigenvalue weighted by atomic mass is 10.2. The van der Waals surface area contributed by atoms with Crippen LogP contribution in [0.5, 0.6) is 0 Å². The molecule has 5 nitrogen and oxygen atoms in total. The topological polar surface area (TPSA) is 65.8 Å². The van der Waals surface area contributed by atoms with Crippen LogP contribution in [0.15, 0.2) is 34.3 Å². The second kappa shape index (κ2) is 6.42. The molecule has 0 fully saturated rings. The van der Waals surface area contributed by atoms with Crippen molar-refractivity contribution in [1.82, 2.24) is 5.32 Å². The van der Waals surface area contributed by atoms with Gasteiger partial charge < -0.3 is 10.6 Å². The highest BCUT2D eigenvalue weighted by molar-refractivity contribution is 5.97. The van der Waals surface area contributed by atoms with E-state index in [4.69, 9.17) is 0 Å². The minimum Gasteiger partial charge on any atom is -0.352 e. The van der Waals surface area contributed by atoms with Crippen molar-refractivity contribution in [3.8, 4) is 0 Å². The summed E-state index contributed by atoms with van der Waals surface area (Å²) in [5, 5.41) is 5.70. The molecule has 0 unspecified atom stereocenters. The second-order valence-electron chi connectivity index (χ2n) is 3.27. The van der Waals surface area contributed by atoms with Crippen molar-refractivity contribution in [2.45, 2.75) is 6.92 Å². The van der Waals surface area contributed by atoms with Crippen LogP contribution in [0.4, 0.5) is 5.69 Å². The zero-order chi connectivity index (χ0) is 12.7. The van der Waals surface area contributed by atoms with Crippen molar-refractivity contribution < 1.29 is 4.79 Å². The molecule has 0 saturated heterocycles. The first-order valence-corrected chi connectivity index (χ1v) is 5.30. The Balaban J connectivity index is 2.74. The van der Waals surface area contributed by atoms with Crippen molar-refractivity contribution in [2.75, 3.05) is 18.9 Å². The van der Waals surface area contributed by atoms with E-state index in [-0.39, 0.29) is 5.91 Å². The maximum absolute atomic E-state index is 11.5. The third-order valence-corrected chi connectivity index (χ3v) is 2.10. The van der Waals surface area contributed by atoms with Crippen molar-refractivity contribution >= 4 is 24.3 Å². The number of carbonyl (C=O) groups is 1. The normalized spacial score (nSPS) is 10.8. The third kappa shape index (κ3) is 3.71. The molecular formula is C12H16N4O. The van der Waals surface area contributed by atoms with E-state index in [1.165, 1.54) is 0 Å². The van der Waals surface area contributed by atoms with Crippen LogP contribution in [-0.4, -0.2) is 32.2 Å². The Morgan fingerprint density at radius 2 is 2.00 bits per heavy atom. The van der Waals surface area contributed by atoms with Gasteiger partial charge in [-0.1, -0.05) is 0 Å². The summed E-state index contributed by atoms with van der Waals surface area (Å²) in [6, 6.07) is 7.06. The van der Waals surface area contributed by atoms with Crippen molar-refractivity contribution in [2.24, 2.45) is 9.98 Å². The van der Waals surface area contributed by atoms with Crippen LogP contribution in [0.2, 0.25) is 0 Å². The molecule has 0 aliphatic carbocycles. The van der Waals surface area contributed by atoms with Gasteiger partial charge >= 0.3 is 0 Å². The van der Waals surface area contributed by atoms with Crippen LogP contribution < -0.4 is 10.6 Å². The Morgan fingerprint density at radius 1 is 1.35 bits per heavy atom. The highest BCUT2D eigenvalue weighted by Crippen LogP contribution is 2.09. The quantitative estimate of drug-likeness (QED) is 0.613. The molecule has 0 heterocycles. The van der Waals surface area contributed by atoms with Gasteiger partial charge in [0.2, 0.25) is 5.96 Å². The van der Waals surface area contributed by atoms with Gasteiger partial charge in [0.15, 0.2) is 0 Å². The number of guanidine groups is 1. The number of aliphatic imine (C=N–C) groups is 2. The van der Waals surface area contributed by atoms with E-state index >= 15 is 0 Å². The summed E-state index contributed by atoms with van der Waals surface area (Å²) in [7, 11) is 1.63. The van der Waals surface area contributed by atoms with Gasteiger partial charge in [0.05, 0.1) is 0 Å². The van der Waals surface area contributed by atoms with Gasteiger partial charge in [-0.05, 0) is 37.9 Å². The fraction of sp³-hybridized carbons (Fsp3) is 0.250. The Labute approximate surface area is 101 Å². The van der Waals surface area contributed by atoms with Crippen molar-refractivity contribution in [3.05, 3.63) is 29.8 Å². The molecule has 90 valence electrons. The first-order valence-electron chi connectivity index (χ1n) is 5.30. The van der Waals surface area contributed by atoms with Gasteiger partial charge in [-0.25, -0.2) is 4.99 Å².